The molecule has 0 unspecified atom stereocenters. The molecule has 23 heavy (non-hydrogen) atoms. The van der Waals surface area contributed by atoms with E-state index in [-0.39, 0.29) is 11.7 Å². The van der Waals surface area contributed by atoms with Crippen LogP contribution in [0.25, 0.3) is 22.6 Å². The molecule has 1 N–H and O–H groups in total. The average Bonchev–Trinajstić information content (AvgIpc) is 2.96. The molecular formula is C17H13N3O2S. The Morgan fingerprint density at radius 1 is 1.30 bits per heavy atom. The number of nitriles is 1. The number of hydrogen-bond acceptors (Lipinski definition) is 5. The molecule has 3 rings (SSSR count). The van der Waals surface area contributed by atoms with Crippen molar-refractivity contribution in [2.24, 2.45) is 0 Å². The number of rotatable bonds is 4. The molecule has 0 fully saturated rings. The first-order valence-electron chi connectivity index (χ1n) is 6.94. The minimum atomic E-state index is -0.228. The Bertz CT molecular complexity index is 894. The van der Waals surface area contributed by atoms with Crippen LogP contribution in [0.4, 0.5) is 5.69 Å². The molecule has 0 saturated heterocycles. The zero-order valence-electron chi connectivity index (χ0n) is 12.4. The summed E-state index contributed by atoms with van der Waals surface area (Å²) >= 11 is 0.899. The third kappa shape index (κ3) is 3.52. The van der Waals surface area contributed by atoms with Crippen LogP contribution in [0.2, 0.25) is 0 Å². The number of thioether (sulfide) groups is 1. The number of nitrogens with zero attached hydrogens (tertiary/aromatic N) is 2. The van der Waals surface area contributed by atoms with E-state index in [1.165, 1.54) is 5.56 Å². The van der Waals surface area contributed by atoms with Crippen molar-refractivity contribution in [3.8, 4) is 16.9 Å². The van der Waals surface area contributed by atoms with E-state index in [0.29, 0.717) is 17.2 Å². The van der Waals surface area contributed by atoms with E-state index in [4.69, 9.17) is 9.68 Å². The molecule has 1 aromatic heterocycles. The van der Waals surface area contributed by atoms with Gasteiger partial charge in [-0.1, -0.05) is 17.7 Å². The molecule has 6 heteroatoms. The molecule has 0 aliphatic rings. The summed E-state index contributed by atoms with van der Waals surface area (Å²) in [5.41, 5.74) is 4.02. The molecule has 0 aliphatic carbocycles. The SMILES string of the molecule is Cc1ccc(-c2nc3ccc(NC(=O)CSC#N)cc3o2)cc1. The van der Waals surface area contributed by atoms with Crippen LogP contribution in [0.5, 0.6) is 0 Å². The lowest BCUT2D eigenvalue weighted by atomic mass is 10.1. The molecule has 114 valence electrons. The minimum absolute atomic E-state index is 0.0968. The van der Waals surface area contributed by atoms with Gasteiger partial charge in [0.15, 0.2) is 5.58 Å². The van der Waals surface area contributed by atoms with Gasteiger partial charge in [-0.25, -0.2) is 4.98 Å². The highest BCUT2D eigenvalue weighted by molar-refractivity contribution is 8.04. The summed E-state index contributed by atoms with van der Waals surface area (Å²) in [6.45, 7) is 2.02. The minimum Gasteiger partial charge on any atom is -0.436 e. The topological polar surface area (TPSA) is 78.9 Å². The number of carbonyl (C=O) groups is 1. The van der Waals surface area contributed by atoms with E-state index >= 15 is 0 Å². The van der Waals surface area contributed by atoms with Gasteiger partial charge in [-0.05, 0) is 43.0 Å². The van der Waals surface area contributed by atoms with Crippen LogP contribution in [0.15, 0.2) is 46.9 Å². The maximum atomic E-state index is 11.6. The Balaban J connectivity index is 1.85. The van der Waals surface area contributed by atoms with Crippen LogP contribution >= 0.6 is 11.8 Å². The van der Waals surface area contributed by atoms with Crippen molar-refractivity contribution >= 4 is 34.5 Å². The number of fused-ring (bicyclic) bond motifs is 1. The molecule has 1 amide bonds. The molecule has 0 bridgehead atoms. The van der Waals surface area contributed by atoms with Gasteiger partial charge in [0.2, 0.25) is 11.8 Å². The Kier molecular flexibility index (Phi) is 4.31. The fraction of sp³-hybridized carbons (Fsp3) is 0.118. The van der Waals surface area contributed by atoms with Crippen LogP contribution in [0.1, 0.15) is 5.56 Å². The van der Waals surface area contributed by atoms with Crippen molar-refractivity contribution in [1.82, 2.24) is 4.98 Å². The van der Waals surface area contributed by atoms with Gasteiger partial charge in [-0.2, -0.15) is 5.26 Å². The van der Waals surface area contributed by atoms with Crippen molar-refractivity contribution in [1.29, 1.82) is 5.26 Å². The summed E-state index contributed by atoms with van der Waals surface area (Å²) in [5, 5.41) is 13.1. The Labute approximate surface area is 137 Å². The van der Waals surface area contributed by atoms with E-state index < -0.39 is 0 Å². The number of anilines is 1. The molecule has 0 atom stereocenters. The normalized spacial score (nSPS) is 10.4. The standard InChI is InChI=1S/C17H13N3O2S/c1-11-2-4-12(5-3-11)17-20-14-7-6-13(8-15(14)22-17)19-16(21)9-23-10-18/h2-8H,9H2,1H3,(H,19,21). The van der Waals surface area contributed by atoms with E-state index in [1.807, 2.05) is 36.6 Å². The van der Waals surface area contributed by atoms with Crippen LogP contribution in [0.3, 0.4) is 0 Å². The van der Waals surface area contributed by atoms with Gasteiger partial charge in [-0.3, -0.25) is 4.79 Å². The number of oxazole rings is 1. The fourth-order valence-electron chi connectivity index (χ4n) is 2.12. The van der Waals surface area contributed by atoms with Gasteiger partial charge in [0.25, 0.3) is 0 Å². The molecule has 1 heterocycles. The van der Waals surface area contributed by atoms with Crippen LogP contribution in [0, 0.1) is 17.6 Å². The lowest BCUT2D eigenvalue weighted by Crippen LogP contribution is -2.13. The van der Waals surface area contributed by atoms with Gasteiger partial charge in [0.05, 0.1) is 5.75 Å². The Hall–Kier alpha value is -2.78. The second-order valence-electron chi connectivity index (χ2n) is 5.00. The van der Waals surface area contributed by atoms with Crippen molar-refractivity contribution < 1.29 is 9.21 Å². The summed E-state index contributed by atoms with van der Waals surface area (Å²) in [7, 11) is 0. The number of aromatic nitrogens is 1. The molecule has 0 radical (unpaired) electrons. The maximum Gasteiger partial charge on any atom is 0.235 e. The van der Waals surface area contributed by atoms with Gasteiger partial charge in [0.1, 0.15) is 10.9 Å². The average molecular weight is 323 g/mol. The van der Waals surface area contributed by atoms with E-state index in [9.17, 15) is 4.79 Å². The van der Waals surface area contributed by atoms with E-state index in [0.717, 1.165) is 22.8 Å². The Morgan fingerprint density at radius 2 is 2.09 bits per heavy atom. The number of hydrogen-bond donors (Lipinski definition) is 1. The maximum absolute atomic E-state index is 11.6. The van der Waals surface area contributed by atoms with Crippen molar-refractivity contribution in [3.63, 3.8) is 0 Å². The summed E-state index contributed by atoms with van der Waals surface area (Å²) in [5.74, 6) is 0.414. The van der Waals surface area contributed by atoms with Gasteiger partial charge < -0.3 is 9.73 Å². The monoisotopic (exact) mass is 323 g/mol. The second kappa shape index (κ2) is 6.55. The molecule has 0 spiro atoms. The number of thiocyanates is 1. The summed E-state index contributed by atoms with van der Waals surface area (Å²) in [6.07, 6.45) is 0. The summed E-state index contributed by atoms with van der Waals surface area (Å²) in [4.78, 5) is 16.1. The summed E-state index contributed by atoms with van der Waals surface area (Å²) < 4.78 is 5.78. The largest absolute Gasteiger partial charge is 0.436 e. The fourth-order valence-corrected chi connectivity index (χ4v) is 2.38. The molecule has 5 nitrogen and oxygen atoms in total. The van der Waals surface area contributed by atoms with E-state index in [1.54, 1.807) is 18.2 Å². The van der Waals surface area contributed by atoms with Crippen molar-refractivity contribution in [2.75, 3.05) is 11.1 Å². The van der Waals surface area contributed by atoms with Crippen LogP contribution in [-0.4, -0.2) is 16.6 Å². The lowest BCUT2D eigenvalue weighted by molar-refractivity contribution is -0.113. The second-order valence-corrected chi connectivity index (χ2v) is 5.76. The van der Waals surface area contributed by atoms with Gasteiger partial charge >= 0.3 is 0 Å². The lowest BCUT2D eigenvalue weighted by Gasteiger charge is -2.02. The highest BCUT2D eigenvalue weighted by Crippen LogP contribution is 2.26. The number of nitrogens with one attached hydrogen (secondary N) is 1. The first-order valence-corrected chi connectivity index (χ1v) is 7.92. The zero-order chi connectivity index (χ0) is 16.2. The van der Waals surface area contributed by atoms with Crippen molar-refractivity contribution in [3.05, 3.63) is 48.0 Å². The number of carbonyl (C=O) groups excluding carboxylic acids is 1. The zero-order valence-corrected chi connectivity index (χ0v) is 13.2. The number of benzene rings is 2. The first-order chi connectivity index (χ1) is 11.2. The third-order valence-electron chi connectivity index (χ3n) is 3.24. The number of amides is 1. The summed E-state index contributed by atoms with van der Waals surface area (Å²) in [6, 6.07) is 13.2. The van der Waals surface area contributed by atoms with Gasteiger partial charge in [-0.15, -0.1) is 0 Å². The predicted molar refractivity (Wildman–Crippen MR) is 90.9 cm³/mol. The van der Waals surface area contributed by atoms with E-state index in [2.05, 4.69) is 10.3 Å². The van der Waals surface area contributed by atoms with Crippen LogP contribution in [-0.2, 0) is 4.79 Å². The van der Waals surface area contributed by atoms with Crippen molar-refractivity contribution in [2.45, 2.75) is 6.92 Å². The number of aryl methyl sites for hydroxylation is 1. The quantitative estimate of drug-likeness (QED) is 0.735. The van der Waals surface area contributed by atoms with Crippen LogP contribution < -0.4 is 5.32 Å². The smallest absolute Gasteiger partial charge is 0.235 e. The third-order valence-corrected chi connectivity index (χ3v) is 3.77. The first kappa shape index (κ1) is 15.1. The Morgan fingerprint density at radius 3 is 2.83 bits per heavy atom. The molecule has 0 saturated carbocycles. The molecular weight excluding hydrogens is 310 g/mol. The highest BCUT2D eigenvalue weighted by atomic mass is 32.2. The highest BCUT2D eigenvalue weighted by Gasteiger charge is 2.10. The molecule has 0 aliphatic heterocycles. The van der Waals surface area contributed by atoms with Gasteiger partial charge in [0, 0.05) is 17.3 Å². The molecule has 3 aromatic rings. The predicted octanol–water partition coefficient (Wildman–Crippen LogP) is 3.96. The molecule has 2 aromatic carbocycles.